The minimum Gasteiger partial charge on any atom is -0.396 e. The maximum absolute atomic E-state index is 9.35. The number of benzene rings is 1. The normalized spacial score (nSPS) is 20.1. The summed E-state index contributed by atoms with van der Waals surface area (Å²) in [5.74, 6) is 0.947. The zero-order chi connectivity index (χ0) is 13.9. The van der Waals surface area contributed by atoms with Gasteiger partial charge in [-0.15, -0.1) is 0 Å². The zero-order valence-corrected chi connectivity index (χ0v) is 12.6. The molecule has 1 aliphatic rings. The Balaban J connectivity index is 1.94. The number of aliphatic hydroxyl groups excluding tert-OH is 1. The molecule has 0 amide bonds. The molecule has 1 aliphatic heterocycles. The molecule has 0 radical (unpaired) electrons. The van der Waals surface area contributed by atoms with E-state index in [0.717, 1.165) is 34.4 Å². The molecule has 0 saturated carbocycles. The summed E-state index contributed by atoms with van der Waals surface area (Å²) >= 11 is 3.51. The molecule has 106 valence electrons. The van der Waals surface area contributed by atoms with Crippen molar-refractivity contribution in [2.45, 2.75) is 0 Å². The smallest absolute Gasteiger partial charge is 0.147 e. The lowest BCUT2D eigenvalue weighted by atomic mass is 10.1. The Labute approximate surface area is 125 Å². The summed E-state index contributed by atoms with van der Waals surface area (Å²) < 4.78 is 6.44. The van der Waals surface area contributed by atoms with Gasteiger partial charge in [-0.1, -0.05) is 6.07 Å². The Morgan fingerprint density at radius 2 is 2.35 bits per heavy atom. The van der Waals surface area contributed by atoms with Crippen LogP contribution in [0.4, 0.5) is 5.82 Å². The molecule has 3 rings (SSSR count). The van der Waals surface area contributed by atoms with Gasteiger partial charge in [0.15, 0.2) is 0 Å². The van der Waals surface area contributed by atoms with E-state index >= 15 is 0 Å². The van der Waals surface area contributed by atoms with Gasteiger partial charge in [0.05, 0.1) is 24.9 Å². The van der Waals surface area contributed by atoms with Crippen molar-refractivity contribution >= 4 is 32.8 Å². The Hall–Kier alpha value is -1.24. The molecule has 1 aromatic carbocycles. The van der Waals surface area contributed by atoms with E-state index in [0.29, 0.717) is 13.2 Å². The van der Waals surface area contributed by atoms with E-state index in [2.05, 4.69) is 30.8 Å². The maximum Gasteiger partial charge on any atom is 0.147 e. The lowest BCUT2D eigenvalue weighted by Gasteiger charge is -2.23. The molecule has 1 fully saturated rings. The summed E-state index contributed by atoms with van der Waals surface area (Å²) in [6.45, 7) is 2.87. The Morgan fingerprint density at radius 3 is 3.20 bits per heavy atom. The number of aromatic nitrogens is 2. The van der Waals surface area contributed by atoms with Gasteiger partial charge in [-0.05, 0) is 28.1 Å². The van der Waals surface area contributed by atoms with Crippen LogP contribution in [0.3, 0.4) is 0 Å². The van der Waals surface area contributed by atoms with Gasteiger partial charge in [-0.2, -0.15) is 0 Å². The first-order valence-electron chi connectivity index (χ1n) is 6.63. The van der Waals surface area contributed by atoms with Crippen molar-refractivity contribution in [2.24, 2.45) is 5.92 Å². The SMILES string of the molecule is OCC1COCCN(c2cnc3cccc(Br)c3n2)C1. The van der Waals surface area contributed by atoms with Crippen LogP contribution >= 0.6 is 15.9 Å². The molecule has 2 heterocycles. The van der Waals surface area contributed by atoms with Gasteiger partial charge in [0, 0.05) is 30.1 Å². The molecular formula is C14H16BrN3O2. The highest BCUT2D eigenvalue weighted by Gasteiger charge is 2.19. The van der Waals surface area contributed by atoms with E-state index in [4.69, 9.17) is 4.74 Å². The number of rotatable bonds is 2. The van der Waals surface area contributed by atoms with Gasteiger partial charge in [0.1, 0.15) is 11.3 Å². The first kappa shape index (κ1) is 13.7. The highest BCUT2D eigenvalue weighted by molar-refractivity contribution is 9.10. The molecule has 20 heavy (non-hydrogen) atoms. The average molecular weight is 338 g/mol. The molecule has 0 spiro atoms. The Kier molecular flexibility index (Phi) is 4.14. The first-order valence-corrected chi connectivity index (χ1v) is 7.42. The molecule has 2 aromatic rings. The van der Waals surface area contributed by atoms with E-state index in [9.17, 15) is 5.11 Å². The minimum atomic E-state index is 0.120. The summed E-state index contributed by atoms with van der Waals surface area (Å²) in [6, 6.07) is 5.85. The zero-order valence-electron chi connectivity index (χ0n) is 11.0. The highest BCUT2D eigenvalue weighted by atomic mass is 79.9. The number of anilines is 1. The summed E-state index contributed by atoms with van der Waals surface area (Å²) in [5.41, 5.74) is 1.73. The van der Waals surface area contributed by atoms with Crippen LogP contribution in [0.5, 0.6) is 0 Å². The van der Waals surface area contributed by atoms with Gasteiger partial charge >= 0.3 is 0 Å². The summed E-state index contributed by atoms with van der Waals surface area (Å²) in [7, 11) is 0. The van der Waals surface area contributed by atoms with Crippen molar-refractivity contribution in [1.82, 2.24) is 9.97 Å². The maximum atomic E-state index is 9.35. The van der Waals surface area contributed by atoms with Gasteiger partial charge in [0.25, 0.3) is 0 Å². The van der Waals surface area contributed by atoms with Crippen LogP contribution in [0, 0.1) is 5.92 Å². The molecule has 6 heteroatoms. The van der Waals surface area contributed by atoms with Crippen LogP contribution in [0.2, 0.25) is 0 Å². The molecule has 1 unspecified atom stereocenters. The number of nitrogens with zero attached hydrogens (tertiary/aromatic N) is 3. The second-order valence-corrected chi connectivity index (χ2v) is 5.76. The van der Waals surface area contributed by atoms with Crippen LogP contribution in [-0.2, 0) is 4.74 Å². The fraction of sp³-hybridized carbons (Fsp3) is 0.429. The van der Waals surface area contributed by atoms with Crippen molar-refractivity contribution in [3.05, 3.63) is 28.9 Å². The minimum absolute atomic E-state index is 0.120. The second kappa shape index (κ2) is 6.03. The van der Waals surface area contributed by atoms with Crippen molar-refractivity contribution in [3.63, 3.8) is 0 Å². The number of aliphatic hydroxyl groups is 1. The number of para-hydroxylation sites is 1. The van der Waals surface area contributed by atoms with Crippen LogP contribution in [0.15, 0.2) is 28.9 Å². The van der Waals surface area contributed by atoms with Gasteiger partial charge in [-0.3, -0.25) is 4.98 Å². The molecule has 1 saturated heterocycles. The molecule has 1 aromatic heterocycles. The van der Waals surface area contributed by atoms with E-state index in [1.54, 1.807) is 6.20 Å². The summed E-state index contributed by atoms with van der Waals surface area (Å²) in [4.78, 5) is 11.3. The number of hydrogen-bond donors (Lipinski definition) is 1. The Morgan fingerprint density at radius 1 is 1.45 bits per heavy atom. The number of halogens is 1. The summed E-state index contributed by atoms with van der Waals surface area (Å²) in [6.07, 6.45) is 1.79. The molecular weight excluding hydrogens is 322 g/mol. The lowest BCUT2D eigenvalue weighted by Crippen LogP contribution is -2.32. The second-order valence-electron chi connectivity index (χ2n) is 4.91. The first-order chi connectivity index (χ1) is 9.78. The number of ether oxygens (including phenoxy) is 1. The monoisotopic (exact) mass is 337 g/mol. The van der Waals surface area contributed by atoms with Gasteiger partial charge in [0.2, 0.25) is 0 Å². The third-order valence-electron chi connectivity index (χ3n) is 3.43. The van der Waals surface area contributed by atoms with Crippen molar-refractivity contribution < 1.29 is 9.84 Å². The largest absolute Gasteiger partial charge is 0.396 e. The molecule has 5 nitrogen and oxygen atoms in total. The topological polar surface area (TPSA) is 58.5 Å². The van der Waals surface area contributed by atoms with Gasteiger partial charge < -0.3 is 14.7 Å². The highest BCUT2D eigenvalue weighted by Crippen LogP contribution is 2.23. The third kappa shape index (κ3) is 2.77. The molecule has 1 N–H and O–H groups in total. The van der Waals surface area contributed by atoms with Crippen molar-refractivity contribution in [1.29, 1.82) is 0 Å². The molecule has 1 atom stereocenters. The molecule has 0 aliphatic carbocycles. The van der Waals surface area contributed by atoms with Crippen LogP contribution in [0.1, 0.15) is 0 Å². The molecule has 0 bridgehead atoms. The van der Waals surface area contributed by atoms with E-state index < -0.39 is 0 Å². The Bertz CT molecular complexity index is 608. The fourth-order valence-corrected chi connectivity index (χ4v) is 2.79. The van der Waals surface area contributed by atoms with E-state index in [1.807, 2.05) is 18.2 Å². The number of fused-ring (bicyclic) bond motifs is 1. The van der Waals surface area contributed by atoms with Gasteiger partial charge in [-0.25, -0.2) is 4.98 Å². The number of hydrogen-bond acceptors (Lipinski definition) is 5. The van der Waals surface area contributed by atoms with Crippen molar-refractivity contribution in [3.8, 4) is 0 Å². The average Bonchev–Trinajstić information content (AvgIpc) is 2.73. The van der Waals surface area contributed by atoms with E-state index in [-0.39, 0.29) is 12.5 Å². The standard InChI is InChI=1S/C14H16BrN3O2/c15-11-2-1-3-12-14(11)17-13(6-16-12)18-4-5-20-9-10(7-18)8-19/h1-3,6,10,19H,4-5,7-9H2. The fourth-order valence-electron chi connectivity index (χ4n) is 2.34. The van der Waals surface area contributed by atoms with Crippen LogP contribution < -0.4 is 4.90 Å². The summed E-state index contributed by atoms with van der Waals surface area (Å²) in [5, 5.41) is 9.35. The van der Waals surface area contributed by atoms with Crippen LogP contribution in [-0.4, -0.2) is 48.0 Å². The van der Waals surface area contributed by atoms with Crippen molar-refractivity contribution in [2.75, 3.05) is 37.8 Å². The van der Waals surface area contributed by atoms with E-state index in [1.165, 1.54) is 0 Å². The quantitative estimate of drug-likeness (QED) is 0.906. The predicted octanol–water partition coefficient (Wildman–Crippen LogP) is 1.84. The lowest BCUT2D eigenvalue weighted by molar-refractivity contribution is 0.0959. The predicted molar refractivity (Wildman–Crippen MR) is 80.8 cm³/mol. The third-order valence-corrected chi connectivity index (χ3v) is 4.07. The van der Waals surface area contributed by atoms with Crippen LogP contribution in [0.25, 0.3) is 11.0 Å².